The van der Waals surface area contributed by atoms with Gasteiger partial charge in [0.05, 0.1) is 25.5 Å². The summed E-state index contributed by atoms with van der Waals surface area (Å²) >= 11 is 0. The van der Waals surface area contributed by atoms with Gasteiger partial charge in [-0.15, -0.1) is 0 Å². The van der Waals surface area contributed by atoms with E-state index in [-0.39, 0.29) is 18.0 Å². The van der Waals surface area contributed by atoms with E-state index in [1.807, 2.05) is 0 Å². The van der Waals surface area contributed by atoms with Crippen LogP contribution in [0.5, 0.6) is 5.75 Å². The maximum absolute atomic E-state index is 14.4. The largest absolute Gasteiger partial charge is 0.493 e. The summed E-state index contributed by atoms with van der Waals surface area (Å²) in [5.41, 5.74) is 3.33. The van der Waals surface area contributed by atoms with E-state index in [4.69, 9.17) is 19.9 Å². The number of nitrogens with zero attached hydrogens (tertiary/aromatic N) is 2. The van der Waals surface area contributed by atoms with Crippen molar-refractivity contribution in [2.24, 2.45) is 11.7 Å². The first-order chi connectivity index (χ1) is 16.4. The highest BCUT2D eigenvalue weighted by Gasteiger charge is 2.66. The zero-order chi connectivity index (χ0) is 26.1. The van der Waals surface area contributed by atoms with Crippen LogP contribution in [0.2, 0.25) is 0 Å². The first kappa shape index (κ1) is 26.7. The zero-order valence-electron chi connectivity index (χ0n) is 19.3. The lowest BCUT2D eigenvalue weighted by Gasteiger charge is -2.32. The Labute approximate surface area is 198 Å². The fourth-order valence-electron chi connectivity index (χ4n) is 4.15. The number of alkyl halides is 3. The predicted molar refractivity (Wildman–Crippen MR) is 114 cm³/mol. The Morgan fingerprint density at radius 2 is 1.97 bits per heavy atom. The van der Waals surface area contributed by atoms with Gasteiger partial charge in [-0.3, -0.25) is 4.79 Å². The van der Waals surface area contributed by atoms with Gasteiger partial charge in [0.2, 0.25) is 5.82 Å². The van der Waals surface area contributed by atoms with Crippen molar-refractivity contribution in [3.8, 4) is 5.75 Å². The van der Waals surface area contributed by atoms with Gasteiger partial charge in [-0.05, 0) is 13.0 Å². The number of amides is 1. The predicted octanol–water partition coefficient (Wildman–Crippen LogP) is 3.49. The first-order valence-corrected chi connectivity index (χ1v) is 10.5. The van der Waals surface area contributed by atoms with Crippen LogP contribution in [0.15, 0.2) is 24.5 Å². The fraction of sp³-hybridized carbons (Fsp3) is 0.500. The normalized spacial score (nSPS) is 25.4. The summed E-state index contributed by atoms with van der Waals surface area (Å²) in [7, 11) is 2.48. The van der Waals surface area contributed by atoms with Crippen LogP contribution in [-0.2, 0) is 14.3 Å². The molecule has 3 N–H and O–H groups in total. The van der Waals surface area contributed by atoms with Crippen molar-refractivity contribution in [1.82, 2.24) is 9.97 Å². The summed E-state index contributed by atoms with van der Waals surface area (Å²) in [6, 6.07) is 2.54. The van der Waals surface area contributed by atoms with Crippen LogP contribution in [-0.4, -0.2) is 54.6 Å². The SMILES string of the molecule is COC[C@H](N)c1cc(NC(=O)[C@@H]2O[C@@](C)(C(F)(F)F)[C@@H](C)[C@H]2c2ccc(F)c(F)c2OC)ncn1. The number of hydrogen-bond donors (Lipinski definition) is 2. The molecule has 1 amide bonds. The quantitative estimate of drug-likeness (QED) is 0.556. The lowest BCUT2D eigenvalue weighted by atomic mass is 9.77. The zero-order valence-corrected chi connectivity index (χ0v) is 19.3. The molecule has 0 aliphatic carbocycles. The van der Waals surface area contributed by atoms with Gasteiger partial charge in [-0.2, -0.15) is 17.6 Å². The average Bonchev–Trinajstić information content (AvgIpc) is 3.08. The second-order valence-corrected chi connectivity index (χ2v) is 8.32. The molecule has 0 bridgehead atoms. The van der Waals surface area contributed by atoms with Gasteiger partial charge in [0.15, 0.2) is 17.2 Å². The number of rotatable bonds is 7. The molecule has 1 aliphatic rings. The Kier molecular flexibility index (Phi) is 7.62. The topological polar surface area (TPSA) is 109 Å². The number of ether oxygens (including phenoxy) is 3. The molecule has 1 aromatic heterocycles. The smallest absolute Gasteiger partial charge is 0.417 e. The number of benzene rings is 1. The molecular formula is C22H25F5N4O4. The number of nitrogens with one attached hydrogen (secondary N) is 1. The van der Waals surface area contributed by atoms with E-state index in [1.54, 1.807) is 0 Å². The molecule has 1 aliphatic heterocycles. The Bertz CT molecular complexity index is 1090. The van der Waals surface area contributed by atoms with E-state index in [0.717, 1.165) is 32.5 Å². The summed E-state index contributed by atoms with van der Waals surface area (Å²) in [6.07, 6.45) is -5.50. The third kappa shape index (κ3) is 4.93. The van der Waals surface area contributed by atoms with Gasteiger partial charge < -0.3 is 25.3 Å². The van der Waals surface area contributed by atoms with E-state index < -0.39 is 59.1 Å². The minimum atomic E-state index is -4.87. The number of anilines is 1. The fourth-order valence-corrected chi connectivity index (χ4v) is 4.15. The Hall–Kier alpha value is -2.90. The highest BCUT2D eigenvalue weighted by Crippen LogP contribution is 2.54. The van der Waals surface area contributed by atoms with E-state index in [1.165, 1.54) is 20.1 Å². The number of halogens is 5. The Balaban J connectivity index is 2.02. The summed E-state index contributed by atoms with van der Waals surface area (Å²) < 4.78 is 85.5. The number of methoxy groups -OCH3 is 2. The number of nitrogens with two attached hydrogens (primary N) is 1. The third-order valence-corrected chi connectivity index (χ3v) is 6.24. The van der Waals surface area contributed by atoms with Crippen LogP contribution >= 0.6 is 0 Å². The molecule has 35 heavy (non-hydrogen) atoms. The van der Waals surface area contributed by atoms with Crippen molar-refractivity contribution >= 4 is 11.7 Å². The van der Waals surface area contributed by atoms with Crippen molar-refractivity contribution in [3.63, 3.8) is 0 Å². The average molecular weight is 504 g/mol. The van der Waals surface area contributed by atoms with Gasteiger partial charge in [-0.25, -0.2) is 14.4 Å². The molecule has 1 aromatic carbocycles. The maximum atomic E-state index is 14.4. The molecule has 13 heteroatoms. The molecule has 0 spiro atoms. The Morgan fingerprint density at radius 3 is 2.57 bits per heavy atom. The molecule has 2 heterocycles. The summed E-state index contributed by atoms with van der Waals surface area (Å²) in [4.78, 5) is 21.1. The van der Waals surface area contributed by atoms with Crippen LogP contribution in [0.1, 0.15) is 37.1 Å². The van der Waals surface area contributed by atoms with Gasteiger partial charge in [0.1, 0.15) is 18.2 Å². The van der Waals surface area contributed by atoms with Gasteiger partial charge in [0.25, 0.3) is 5.91 Å². The maximum Gasteiger partial charge on any atom is 0.417 e. The van der Waals surface area contributed by atoms with E-state index in [0.29, 0.717) is 5.69 Å². The summed E-state index contributed by atoms with van der Waals surface area (Å²) in [5, 5.41) is 2.41. The number of carbonyl (C=O) groups excluding carboxylic acids is 1. The molecule has 8 nitrogen and oxygen atoms in total. The molecular weight excluding hydrogens is 479 g/mol. The number of aromatic nitrogens is 2. The van der Waals surface area contributed by atoms with Crippen molar-refractivity contribution in [3.05, 3.63) is 47.4 Å². The van der Waals surface area contributed by atoms with Crippen LogP contribution < -0.4 is 15.8 Å². The molecule has 5 atom stereocenters. The van der Waals surface area contributed by atoms with Crippen molar-refractivity contribution in [2.45, 2.75) is 43.7 Å². The van der Waals surface area contributed by atoms with Crippen molar-refractivity contribution in [2.75, 3.05) is 26.1 Å². The highest BCUT2D eigenvalue weighted by atomic mass is 19.4. The van der Waals surface area contributed by atoms with E-state index in [2.05, 4.69) is 15.3 Å². The highest BCUT2D eigenvalue weighted by molar-refractivity contribution is 5.94. The molecule has 0 saturated carbocycles. The first-order valence-electron chi connectivity index (χ1n) is 10.5. The van der Waals surface area contributed by atoms with E-state index in [9.17, 15) is 26.7 Å². The minimum absolute atomic E-state index is 0.0422. The lowest BCUT2D eigenvalue weighted by Crippen LogP contribution is -2.47. The standard InChI is InChI=1S/C22H25F5N4O4/c1-10-16(11-5-6-12(23)17(24)18(11)34-4)19(35-21(10,2)22(25,26)27)20(32)31-15-7-14(29-9-30-15)13(28)8-33-3/h5-7,9-10,13,16,19H,8,28H2,1-4H3,(H,29,30,31,32)/t10-,13-,16-,19+,21+/m0/s1. The monoisotopic (exact) mass is 504 g/mol. The molecule has 0 radical (unpaired) electrons. The Morgan fingerprint density at radius 1 is 1.29 bits per heavy atom. The molecule has 192 valence electrons. The van der Waals surface area contributed by atoms with E-state index >= 15 is 0 Å². The summed E-state index contributed by atoms with van der Waals surface area (Å²) in [5.74, 6) is -6.99. The molecule has 1 fully saturated rings. The molecule has 1 saturated heterocycles. The third-order valence-electron chi connectivity index (χ3n) is 6.24. The van der Waals surface area contributed by atoms with Crippen LogP contribution in [0.3, 0.4) is 0 Å². The second kappa shape index (κ2) is 9.99. The van der Waals surface area contributed by atoms with Gasteiger partial charge >= 0.3 is 6.18 Å². The van der Waals surface area contributed by atoms with Crippen LogP contribution in [0.4, 0.5) is 27.8 Å². The second-order valence-electron chi connectivity index (χ2n) is 8.32. The molecule has 2 aromatic rings. The van der Waals surface area contributed by atoms with Gasteiger partial charge in [-0.1, -0.05) is 13.0 Å². The molecule has 0 unspecified atom stereocenters. The molecule has 3 rings (SSSR count). The number of carbonyl (C=O) groups is 1. The van der Waals surface area contributed by atoms with Crippen LogP contribution in [0.25, 0.3) is 0 Å². The lowest BCUT2D eigenvalue weighted by molar-refractivity contribution is -0.272. The van der Waals surface area contributed by atoms with Crippen molar-refractivity contribution < 1.29 is 41.0 Å². The van der Waals surface area contributed by atoms with Crippen molar-refractivity contribution in [1.29, 1.82) is 0 Å². The summed E-state index contributed by atoms with van der Waals surface area (Å²) in [6.45, 7) is 2.14. The number of hydrogen-bond acceptors (Lipinski definition) is 7. The minimum Gasteiger partial charge on any atom is -0.493 e. The van der Waals surface area contributed by atoms with Gasteiger partial charge in [0, 0.05) is 30.6 Å². The van der Waals surface area contributed by atoms with Crippen LogP contribution in [0, 0.1) is 17.6 Å².